The first-order valence-corrected chi connectivity index (χ1v) is 8.16. The van der Waals surface area contributed by atoms with Crippen LogP contribution in [0.5, 0.6) is 5.75 Å². The van der Waals surface area contributed by atoms with Crippen LogP contribution < -0.4 is 4.74 Å². The Hall–Kier alpha value is -1.50. The van der Waals surface area contributed by atoms with Crippen LogP contribution in [0.3, 0.4) is 0 Å². The van der Waals surface area contributed by atoms with Gasteiger partial charge in [-0.2, -0.15) is 0 Å². The molecule has 1 fully saturated rings. The van der Waals surface area contributed by atoms with E-state index < -0.39 is 6.10 Å². The van der Waals surface area contributed by atoms with Crippen molar-refractivity contribution >= 4 is 17.7 Å². The number of nitrogens with zero attached hydrogens (tertiary/aromatic N) is 2. The predicted octanol–water partition coefficient (Wildman–Crippen LogP) is 1.85. The van der Waals surface area contributed by atoms with Crippen LogP contribution in [0.2, 0.25) is 5.02 Å². The van der Waals surface area contributed by atoms with Crippen LogP contribution in [-0.2, 0) is 4.74 Å². The van der Waals surface area contributed by atoms with Crippen LogP contribution in [0.15, 0.2) is 24.3 Å². The number of β-amino-alcohol motifs (C(OH)–C–C–N with tert-alkyl or cyclic N) is 1. The zero-order valence-electron chi connectivity index (χ0n) is 13.3. The van der Waals surface area contributed by atoms with Gasteiger partial charge in [-0.1, -0.05) is 11.6 Å². The first kappa shape index (κ1) is 17.8. The van der Waals surface area contributed by atoms with E-state index in [4.69, 9.17) is 21.1 Å². The number of aliphatic hydroxyl groups is 1. The highest BCUT2D eigenvalue weighted by Gasteiger charge is 2.23. The Balaban J connectivity index is 1.67. The molecular formula is C16H23ClN2O4. The lowest BCUT2D eigenvalue weighted by Gasteiger charge is -2.34. The second-order valence-electron chi connectivity index (χ2n) is 5.41. The fourth-order valence-corrected chi connectivity index (χ4v) is 2.53. The molecule has 0 saturated carbocycles. The molecule has 1 aromatic rings. The van der Waals surface area contributed by atoms with E-state index in [2.05, 4.69) is 4.90 Å². The Morgan fingerprint density at radius 2 is 1.91 bits per heavy atom. The largest absolute Gasteiger partial charge is 0.491 e. The number of piperazine rings is 1. The first-order chi connectivity index (χ1) is 11.1. The molecule has 23 heavy (non-hydrogen) atoms. The molecule has 1 aliphatic rings. The maximum absolute atomic E-state index is 11.6. The minimum absolute atomic E-state index is 0.222. The van der Waals surface area contributed by atoms with Crippen molar-refractivity contribution in [2.45, 2.75) is 13.0 Å². The van der Waals surface area contributed by atoms with Gasteiger partial charge in [-0.05, 0) is 31.2 Å². The molecule has 0 spiro atoms. The Morgan fingerprint density at radius 3 is 2.52 bits per heavy atom. The molecule has 7 heteroatoms. The van der Waals surface area contributed by atoms with Gasteiger partial charge in [-0.15, -0.1) is 0 Å². The molecule has 6 nitrogen and oxygen atoms in total. The lowest BCUT2D eigenvalue weighted by Crippen LogP contribution is -2.51. The average molecular weight is 343 g/mol. The molecule has 1 amide bonds. The standard InChI is InChI=1S/C16H23ClN2O4/c1-2-22-16(21)19-9-7-18(8-10-19)11-14(20)12-23-15-5-3-13(17)4-6-15/h3-6,14,20H,2,7-12H2,1H3. The van der Waals surface area contributed by atoms with E-state index in [-0.39, 0.29) is 12.7 Å². The van der Waals surface area contributed by atoms with Gasteiger partial charge in [0.2, 0.25) is 0 Å². The SMILES string of the molecule is CCOC(=O)N1CCN(CC(O)COc2ccc(Cl)cc2)CC1. The topological polar surface area (TPSA) is 62.2 Å². The van der Waals surface area contributed by atoms with Gasteiger partial charge in [-0.25, -0.2) is 4.79 Å². The quantitative estimate of drug-likeness (QED) is 0.855. The summed E-state index contributed by atoms with van der Waals surface area (Å²) in [5.41, 5.74) is 0. The number of hydrogen-bond donors (Lipinski definition) is 1. The second-order valence-corrected chi connectivity index (χ2v) is 5.84. The van der Waals surface area contributed by atoms with Crippen molar-refractivity contribution in [2.75, 3.05) is 45.9 Å². The highest BCUT2D eigenvalue weighted by Crippen LogP contribution is 2.15. The van der Waals surface area contributed by atoms with Crippen molar-refractivity contribution in [2.24, 2.45) is 0 Å². The van der Waals surface area contributed by atoms with Gasteiger partial charge in [0.25, 0.3) is 0 Å². The maximum Gasteiger partial charge on any atom is 0.409 e. The number of halogens is 1. The number of aliphatic hydroxyl groups excluding tert-OH is 1. The molecule has 1 aromatic carbocycles. The predicted molar refractivity (Wildman–Crippen MR) is 88.0 cm³/mol. The smallest absolute Gasteiger partial charge is 0.409 e. The van der Waals surface area contributed by atoms with Crippen molar-refractivity contribution in [1.29, 1.82) is 0 Å². The van der Waals surface area contributed by atoms with Crippen molar-refractivity contribution in [3.8, 4) is 5.75 Å². The van der Waals surface area contributed by atoms with Crippen LogP contribution in [0, 0.1) is 0 Å². The summed E-state index contributed by atoms with van der Waals surface area (Å²) in [5, 5.41) is 10.7. The normalized spacial score (nSPS) is 16.9. The summed E-state index contributed by atoms with van der Waals surface area (Å²) in [6, 6.07) is 7.04. The number of ether oxygens (including phenoxy) is 2. The lowest BCUT2D eigenvalue weighted by atomic mass is 10.2. The molecule has 1 aliphatic heterocycles. The summed E-state index contributed by atoms with van der Waals surface area (Å²) in [6.45, 7) is 5.59. The van der Waals surface area contributed by atoms with Crippen molar-refractivity contribution in [1.82, 2.24) is 9.80 Å². The van der Waals surface area contributed by atoms with Crippen molar-refractivity contribution in [3.05, 3.63) is 29.3 Å². The molecule has 0 aromatic heterocycles. The Morgan fingerprint density at radius 1 is 1.26 bits per heavy atom. The molecule has 0 aliphatic carbocycles. The fraction of sp³-hybridized carbons (Fsp3) is 0.562. The molecule has 1 saturated heterocycles. The number of carbonyl (C=O) groups is 1. The van der Waals surface area contributed by atoms with Crippen molar-refractivity contribution in [3.63, 3.8) is 0 Å². The second kappa shape index (κ2) is 8.96. The minimum Gasteiger partial charge on any atom is -0.491 e. The molecule has 2 rings (SSSR count). The summed E-state index contributed by atoms with van der Waals surface area (Å²) in [5.74, 6) is 0.681. The Bertz CT molecular complexity index is 489. The molecule has 1 atom stereocenters. The Kier molecular flexibility index (Phi) is 6.95. The average Bonchev–Trinajstić information content (AvgIpc) is 2.55. The number of hydrogen-bond acceptors (Lipinski definition) is 5. The highest BCUT2D eigenvalue weighted by atomic mass is 35.5. The van der Waals surface area contributed by atoms with Gasteiger partial charge >= 0.3 is 6.09 Å². The van der Waals surface area contributed by atoms with E-state index in [1.807, 2.05) is 0 Å². The summed E-state index contributed by atoms with van der Waals surface area (Å²) in [6.07, 6.45) is -0.849. The van der Waals surface area contributed by atoms with Crippen LogP contribution in [0.4, 0.5) is 4.79 Å². The third-order valence-corrected chi connectivity index (χ3v) is 3.88. The van der Waals surface area contributed by atoms with E-state index in [1.54, 1.807) is 36.1 Å². The van der Waals surface area contributed by atoms with Crippen LogP contribution in [0.25, 0.3) is 0 Å². The number of benzene rings is 1. The third-order valence-electron chi connectivity index (χ3n) is 3.62. The third kappa shape index (κ3) is 5.89. The summed E-state index contributed by atoms with van der Waals surface area (Å²) in [4.78, 5) is 15.4. The van der Waals surface area contributed by atoms with Crippen molar-refractivity contribution < 1.29 is 19.4 Å². The maximum atomic E-state index is 11.6. The molecule has 0 radical (unpaired) electrons. The van der Waals surface area contributed by atoms with E-state index >= 15 is 0 Å². The zero-order chi connectivity index (χ0) is 16.7. The van der Waals surface area contributed by atoms with E-state index in [0.717, 1.165) is 13.1 Å². The molecule has 1 N–H and O–H groups in total. The van der Waals surface area contributed by atoms with Gasteiger partial charge in [-0.3, -0.25) is 4.90 Å². The van der Waals surface area contributed by atoms with Gasteiger partial charge in [0.05, 0.1) is 6.61 Å². The zero-order valence-corrected chi connectivity index (χ0v) is 14.0. The molecule has 128 valence electrons. The summed E-state index contributed by atoms with van der Waals surface area (Å²) in [7, 11) is 0. The number of amides is 1. The summed E-state index contributed by atoms with van der Waals surface area (Å²) < 4.78 is 10.5. The molecule has 1 heterocycles. The van der Waals surface area contributed by atoms with E-state index in [9.17, 15) is 9.90 Å². The minimum atomic E-state index is -0.583. The first-order valence-electron chi connectivity index (χ1n) is 7.79. The van der Waals surface area contributed by atoms with Crippen LogP contribution in [-0.4, -0.2) is 73.0 Å². The molecular weight excluding hydrogens is 320 g/mol. The number of rotatable bonds is 6. The van der Waals surface area contributed by atoms with Gasteiger partial charge in [0.1, 0.15) is 18.5 Å². The monoisotopic (exact) mass is 342 g/mol. The van der Waals surface area contributed by atoms with Gasteiger partial charge in [0.15, 0.2) is 0 Å². The Labute approximate surface area is 141 Å². The molecule has 1 unspecified atom stereocenters. The lowest BCUT2D eigenvalue weighted by molar-refractivity contribution is 0.0408. The molecule has 0 bridgehead atoms. The van der Waals surface area contributed by atoms with Crippen LogP contribution >= 0.6 is 11.6 Å². The summed E-state index contributed by atoms with van der Waals surface area (Å²) >= 11 is 5.81. The number of carbonyl (C=O) groups excluding carboxylic acids is 1. The van der Waals surface area contributed by atoms with E-state index in [1.165, 1.54) is 0 Å². The highest BCUT2D eigenvalue weighted by molar-refractivity contribution is 6.30. The van der Waals surface area contributed by atoms with E-state index in [0.29, 0.717) is 37.0 Å². The van der Waals surface area contributed by atoms with Gasteiger partial charge in [0, 0.05) is 37.7 Å². The fourth-order valence-electron chi connectivity index (χ4n) is 2.40. The van der Waals surface area contributed by atoms with Gasteiger partial charge < -0.3 is 19.5 Å². The van der Waals surface area contributed by atoms with Crippen LogP contribution in [0.1, 0.15) is 6.92 Å².